The highest BCUT2D eigenvalue weighted by Crippen LogP contribution is 2.47. The van der Waals surface area contributed by atoms with Crippen molar-refractivity contribution in [2.24, 2.45) is 5.41 Å². The number of carbonyl (C=O) groups is 2. The van der Waals surface area contributed by atoms with E-state index in [0.717, 1.165) is 44.1 Å². The van der Waals surface area contributed by atoms with Crippen LogP contribution >= 0.6 is 0 Å². The third-order valence-corrected chi connectivity index (χ3v) is 8.04. The molecule has 2 aliphatic carbocycles. The van der Waals surface area contributed by atoms with Gasteiger partial charge in [0.1, 0.15) is 0 Å². The molecule has 1 aromatic carbocycles. The molecule has 7 heteroatoms. The molecule has 3 atom stereocenters. The van der Waals surface area contributed by atoms with Crippen molar-refractivity contribution < 1.29 is 24.2 Å². The van der Waals surface area contributed by atoms with Gasteiger partial charge in [0.05, 0.1) is 19.3 Å². The lowest BCUT2D eigenvalue weighted by Gasteiger charge is -2.34. The summed E-state index contributed by atoms with van der Waals surface area (Å²) >= 11 is 0. The minimum Gasteiger partial charge on any atom is -0.493 e. The number of aliphatic hydroxyl groups is 1. The van der Waals surface area contributed by atoms with Gasteiger partial charge in [-0.1, -0.05) is 25.8 Å². The molecule has 0 bridgehead atoms. The summed E-state index contributed by atoms with van der Waals surface area (Å²) < 4.78 is 11.8. The van der Waals surface area contributed by atoms with Crippen molar-refractivity contribution in [1.82, 2.24) is 10.2 Å². The molecule has 7 nitrogen and oxygen atoms in total. The number of ether oxygens (including phenoxy) is 2. The van der Waals surface area contributed by atoms with Crippen molar-refractivity contribution in [3.8, 4) is 11.5 Å². The van der Waals surface area contributed by atoms with Crippen molar-refractivity contribution >= 4 is 11.8 Å². The summed E-state index contributed by atoms with van der Waals surface area (Å²) in [6.07, 6.45) is 8.02. The number of hydrogen-bond donors (Lipinski definition) is 2. The molecule has 3 fully saturated rings. The van der Waals surface area contributed by atoms with Gasteiger partial charge in [-0.05, 0) is 63.1 Å². The van der Waals surface area contributed by atoms with Gasteiger partial charge in [0.25, 0.3) is 0 Å². The van der Waals surface area contributed by atoms with Gasteiger partial charge in [-0.3, -0.25) is 9.59 Å². The van der Waals surface area contributed by atoms with Gasteiger partial charge >= 0.3 is 11.8 Å². The maximum absolute atomic E-state index is 13.0. The minimum atomic E-state index is -0.653. The molecule has 33 heavy (non-hydrogen) atoms. The maximum Gasteiger partial charge on any atom is 0.311 e. The molecule has 0 radical (unpaired) electrons. The quantitative estimate of drug-likeness (QED) is 0.638. The zero-order valence-corrected chi connectivity index (χ0v) is 20.1. The van der Waals surface area contributed by atoms with E-state index in [2.05, 4.69) is 5.32 Å². The molecule has 1 saturated heterocycles. The minimum absolute atomic E-state index is 0.0971. The molecule has 1 aromatic rings. The smallest absolute Gasteiger partial charge is 0.311 e. The average Bonchev–Trinajstić information content (AvgIpc) is 3.55. The standard InChI is InChI=1S/C26H38N2O5/c1-17(29)26(2)16-28(25(31)24(30)27-19-8-4-5-9-19)15-21(26)18-12-13-22(32-3)23(14-18)33-20-10-6-7-11-20/h12-14,17,19-21,29H,4-11,15-16H2,1-3H3,(H,27,30)/t17-,21+,26+/m1/s1. The summed E-state index contributed by atoms with van der Waals surface area (Å²) in [4.78, 5) is 27.2. The zero-order chi connectivity index (χ0) is 23.6. The van der Waals surface area contributed by atoms with Crippen LogP contribution in [-0.2, 0) is 9.59 Å². The Labute approximate surface area is 196 Å². The summed E-state index contributed by atoms with van der Waals surface area (Å²) in [5, 5.41) is 13.6. The molecule has 2 saturated carbocycles. The van der Waals surface area contributed by atoms with E-state index >= 15 is 0 Å². The molecule has 1 heterocycles. The highest BCUT2D eigenvalue weighted by Gasteiger charge is 2.49. The van der Waals surface area contributed by atoms with E-state index in [0.29, 0.717) is 24.6 Å². The Bertz CT molecular complexity index is 860. The number of hydrogen-bond acceptors (Lipinski definition) is 5. The molecule has 182 valence electrons. The SMILES string of the molecule is COc1ccc([C@@H]2CN(C(=O)C(=O)NC3CCCC3)C[C@@]2(C)[C@@H](C)O)cc1OC1CCCC1. The average molecular weight is 459 g/mol. The highest BCUT2D eigenvalue weighted by atomic mass is 16.5. The Morgan fingerprint density at radius 3 is 2.42 bits per heavy atom. The Hall–Kier alpha value is -2.28. The van der Waals surface area contributed by atoms with Gasteiger partial charge < -0.3 is 24.8 Å². The number of amides is 2. The number of benzene rings is 1. The number of nitrogens with one attached hydrogen (secondary N) is 1. The summed E-state index contributed by atoms with van der Waals surface area (Å²) in [5.74, 6) is 0.227. The largest absolute Gasteiger partial charge is 0.493 e. The topological polar surface area (TPSA) is 88.1 Å². The lowest BCUT2D eigenvalue weighted by molar-refractivity contribution is -0.146. The molecular formula is C26H38N2O5. The fraction of sp³-hybridized carbons (Fsp3) is 0.692. The number of methoxy groups -OCH3 is 1. The fourth-order valence-electron chi connectivity index (χ4n) is 5.73. The Balaban J connectivity index is 1.55. The van der Waals surface area contributed by atoms with Gasteiger partial charge in [-0.2, -0.15) is 0 Å². The monoisotopic (exact) mass is 458 g/mol. The van der Waals surface area contributed by atoms with E-state index in [4.69, 9.17) is 9.47 Å². The third kappa shape index (κ3) is 4.98. The lowest BCUT2D eigenvalue weighted by atomic mass is 9.72. The Kier molecular flexibility index (Phi) is 7.17. The molecule has 4 rings (SSSR count). The predicted molar refractivity (Wildman–Crippen MR) is 125 cm³/mol. The van der Waals surface area contributed by atoms with Crippen LogP contribution in [0.25, 0.3) is 0 Å². The van der Waals surface area contributed by atoms with E-state index in [1.54, 1.807) is 18.9 Å². The van der Waals surface area contributed by atoms with Crippen LogP contribution in [0.4, 0.5) is 0 Å². The van der Waals surface area contributed by atoms with Crippen molar-refractivity contribution in [2.45, 2.75) is 89.4 Å². The van der Waals surface area contributed by atoms with Crippen LogP contribution in [0.2, 0.25) is 0 Å². The number of nitrogens with zero attached hydrogens (tertiary/aromatic N) is 1. The van der Waals surface area contributed by atoms with Crippen LogP contribution < -0.4 is 14.8 Å². The molecule has 0 aromatic heterocycles. The first-order valence-electron chi connectivity index (χ1n) is 12.4. The second-order valence-electron chi connectivity index (χ2n) is 10.3. The number of aliphatic hydroxyl groups excluding tert-OH is 1. The zero-order valence-electron chi connectivity index (χ0n) is 20.1. The predicted octanol–water partition coefficient (Wildman–Crippen LogP) is 3.39. The Morgan fingerprint density at radius 2 is 1.79 bits per heavy atom. The van der Waals surface area contributed by atoms with Crippen LogP contribution in [0.1, 0.15) is 76.7 Å². The van der Waals surface area contributed by atoms with Gasteiger partial charge in [0.15, 0.2) is 11.5 Å². The number of carbonyl (C=O) groups excluding carboxylic acids is 2. The van der Waals surface area contributed by atoms with Crippen LogP contribution in [0.3, 0.4) is 0 Å². The van der Waals surface area contributed by atoms with Gasteiger partial charge in [-0.25, -0.2) is 0 Å². The van der Waals surface area contributed by atoms with Gasteiger partial charge in [0, 0.05) is 30.5 Å². The fourth-order valence-corrected chi connectivity index (χ4v) is 5.73. The summed E-state index contributed by atoms with van der Waals surface area (Å²) in [5.41, 5.74) is 0.404. The molecule has 0 unspecified atom stereocenters. The third-order valence-electron chi connectivity index (χ3n) is 8.04. The summed E-state index contributed by atoms with van der Waals surface area (Å²) in [7, 11) is 1.63. The van der Waals surface area contributed by atoms with Crippen molar-refractivity contribution in [2.75, 3.05) is 20.2 Å². The van der Waals surface area contributed by atoms with Crippen LogP contribution in [-0.4, -0.2) is 60.3 Å². The van der Waals surface area contributed by atoms with Gasteiger partial charge in [0.2, 0.25) is 0 Å². The molecular weight excluding hydrogens is 420 g/mol. The van der Waals surface area contributed by atoms with Gasteiger partial charge in [-0.15, -0.1) is 0 Å². The normalized spacial score (nSPS) is 27.0. The van der Waals surface area contributed by atoms with E-state index in [-0.39, 0.29) is 18.1 Å². The van der Waals surface area contributed by atoms with E-state index < -0.39 is 23.3 Å². The van der Waals surface area contributed by atoms with E-state index in [9.17, 15) is 14.7 Å². The molecule has 3 aliphatic rings. The van der Waals surface area contributed by atoms with Crippen molar-refractivity contribution in [1.29, 1.82) is 0 Å². The molecule has 2 N–H and O–H groups in total. The first-order valence-corrected chi connectivity index (χ1v) is 12.4. The second-order valence-corrected chi connectivity index (χ2v) is 10.3. The highest BCUT2D eigenvalue weighted by molar-refractivity contribution is 6.35. The molecule has 1 aliphatic heterocycles. The molecule has 0 spiro atoms. The Morgan fingerprint density at radius 1 is 1.12 bits per heavy atom. The maximum atomic E-state index is 13.0. The number of rotatable bonds is 6. The summed E-state index contributed by atoms with van der Waals surface area (Å²) in [6, 6.07) is 5.98. The van der Waals surface area contributed by atoms with Crippen LogP contribution in [0.15, 0.2) is 18.2 Å². The molecule has 2 amide bonds. The second kappa shape index (κ2) is 9.92. The van der Waals surface area contributed by atoms with Crippen LogP contribution in [0, 0.1) is 5.41 Å². The van der Waals surface area contributed by atoms with Crippen LogP contribution in [0.5, 0.6) is 11.5 Å². The van der Waals surface area contributed by atoms with Crippen molar-refractivity contribution in [3.63, 3.8) is 0 Å². The summed E-state index contributed by atoms with van der Waals surface area (Å²) in [6.45, 7) is 4.47. The van der Waals surface area contributed by atoms with E-state index in [1.165, 1.54) is 12.8 Å². The van der Waals surface area contributed by atoms with E-state index in [1.807, 2.05) is 25.1 Å². The lowest BCUT2D eigenvalue weighted by Crippen LogP contribution is -2.46. The first-order chi connectivity index (χ1) is 15.8. The first kappa shape index (κ1) is 23.9. The number of likely N-dealkylation sites (tertiary alicyclic amines) is 1. The van der Waals surface area contributed by atoms with Crippen molar-refractivity contribution in [3.05, 3.63) is 23.8 Å².